The Morgan fingerprint density at radius 3 is 2.84 bits per heavy atom. The predicted molar refractivity (Wildman–Crippen MR) is 99.2 cm³/mol. The van der Waals surface area contributed by atoms with Gasteiger partial charge in [-0.1, -0.05) is 19.4 Å². The van der Waals surface area contributed by atoms with Crippen LogP contribution in [0.1, 0.15) is 36.5 Å². The molecule has 1 fully saturated rings. The summed E-state index contributed by atoms with van der Waals surface area (Å²) in [7, 11) is 0. The van der Waals surface area contributed by atoms with Crippen LogP contribution in [-0.4, -0.2) is 36.6 Å². The zero-order valence-corrected chi connectivity index (χ0v) is 14.6. The lowest BCUT2D eigenvalue weighted by Crippen LogP contribution is -2.37. The molecule has 1 saturated heterocycles. The van der Waals surface area contributed by atoms with Crippen LogP contribution < -0.4 is 15.0 Å². The second-order valence-electron chi connectivity index (χ2n) is 6.32. The first-order valence-electron chi connectivity index (χ1n) is 8.96. The highest BCUT2D eigenvalue weighted by atomic mass is 16.5. The summed E-state index contributed by atoms with van der Waals surface area (Å²) in [5.41, 5.74) is 0.666. The molecule has 1 atom stereocenters. The van der Waals surface area contributed by atoms with E-state index >= 15 is 0 Å². The van der Waals surface area contributed by atoms with Gasteiger partial charge >= 0.3 is 0 Å². The Hall–Kier alpha value is -2.56. The topological polar surface area (TPSA) is 54.5 Å². The van der Waals surface area contributed by atoms with Gasteiger partial charge in [0.05, 0.1) is 6.61 Å². The average molecular weight is 339 g/mol. The van der Waals surface area contributed by atoms with Gasteiger partial charge in [-0.25, -0.2) is 4.98 Å². The zero-order chi connectivity index (χ0) is 17.5. The fourth-order valence-corrected chi connectivity index (χ4v) is 2.93. The molecule has 1 aromatic heterocycles. The first-order valence-corrected chi connectivity index (χ1v) is 8.96. The Balaban J connectivity index is 1.51. The van der Waals surface area contributed by atoms with Gasteiger partial charge in [-0.05, 0) is 49.2 Å². The van der Waals surface area contributed by atoms with Gasteiger partial charge in [0.25, 0.3) is 5.91 Å². The van der Waals surface area contributed by atoms with Crippen LogP contribution in [0.4, 0.5) is 5.82 Å². The lowest BCUT2D eigenvalue weighted by Gasteiger charge is -2.17. The molecular formula is C20H25N3O2. The van der Waals surface area contributed by atoms with Crippen molar-refractivity contribution in [3.8, 4) is 5.75 Å². The number of pyridine rings is 1. The molecule has 1 aromatic carbocycles. The highest BCUT2D eigenvalue weighted by Crippen LogP contribution is 2.18. The van der Waals surface area contributed by atoms with Crippen molar-refractivity contribution in [3.05, 3.63) is 54.2 Å². The normalized spacial score (nSPS) is 16.7. The van der Waals surface area contributed by atoms with Crippen LogP contribution in [0.5, 0.6) is 5.75 Å². The van der Waals surface area contributed by atoms with Gasteiger partial charge < -0.3 is 15.0 Å². The van der Waals surface area contributed by atoms with Gasteiger partial charge in [0.1, 0.15) is 11.6 Å². The summed E-state index contributed by atoms with van der Waals surface area (Å²) in [6.45, 7) is 4.55. The van der Waals surface area contributed by atoms with Crippen molar-refractivity contribution in [3.63, 3.8) is 0 Å². The van der Waals surface area contributed by atoms with Crippen molar-refractivity contribution in [1.29, 1.82) is 0 Å². The summed E-state index contributed by atoms with van der Waals surface area (Å²) in [4.78, 5) is 19.0. The number of unbranched alkanes of at least 4 members (excludes halogenated alkanes) is 1. The third kappa shape index (κ3) is 4.72. The minimum atomic E-state index is -0.0343. The minimum absolute atomic E-state index is 0.0343. The minimum Gasteiger partial charge on any atom is -0.494 e. The molecule has 1 N–H and O–H groups in total. The molecule has 3 rings (SSSR count). The number of anilines is 1. The van der Waals surface area contributed by atoms with Crippen LogP contribution in [0.2, 0.25) is 0 Å². The summed E-state index contributed by atoms with van der Waals surface area (Å²) in [5, 5.41) is 3.12. The summed E-state index contributed by atoms with van der Waals surface area (Å²) in [6, 6.07) is 13.4. The van der Waals surface area contributed by atoms with E-state index in [-0.39, 0.29) is 11.9 Å². The van der Waals surface area contributed by atoms with E-state index in [1.165, 1.54) is 0 Å². The molecule has 2 heterocycles. The fraction of sp³-hybridized carbons (Fsp3) is 0.400. The molecule has 0 aliphatic carbocycles. The van der Waals surface area contributed by atoms with E-state index in [4.69, 9.17) is 4.74 Å². The van der Waals surface area contributed by atoms with Gasteiger partial charge in [0.2, 0.25) is 0 Å². The molecule has 2 aromatic rings. The van der Waals surface area contributed by atoms with Crippen molar-refractivity contribution in [2.45, 2.75) is 32.2 Å². The summed E-state index contributed by atoms with van der Waals surface area (Å²) < 4.78 is 5.63. The monoisotopic (exact) mass is 339 g/mol. The number of nitrogens with zero attached hydrogens (tertiary/aromatic N) is 2. The SMILES string of the molecule is CCCCOc1ccc(C(=O)NC2CCN(c3ccccn3)C2)cc1. The Bertz CT molecular complexity index is 673. The molecule has 0 radical (unpaired) electrons. The lowest BCUT2D eigenvalue weighted by molar-refractivity contribution is 0.0940. The molecule has 1 aliphatic rings. The van der Waals surface area contributed by atoms with Crippen LogP contribution in [0.25, 0.3) is 0 Å². The van der Waals surface area contributed by atoms with Gasteiger partial charge in [-0.2, -0.15) is 0 Å². The van der Waals surface area contributed by atoms with E-state index in [9.17, 15) is 4.79 Å². The number of amides is 1. The van der Waals surface area contributed by atoms with Crippen molar-refractivity contribution in [1.82, 2.24) is 10.3 Å². The van der Waals surface area contributed by atoms with E-state index in [1.54, 1.807) is 6.20 Å². The van der Waals surface area contributed by atoms with E-state index < -0.39 is 0 Å². The van der Waals surface area contributed by atoms with Gasteiger partial charge in [-0.3, -0.25) is 4.79 Å². The molecule has 5 heteroatoms. The molecule has 0 saturated carbocycles. The molecule has 0 bridgehead atoms. The summed E-state index contributed by atoms with van der Waals surface area (Å²) >= 11 is 0. The number of carbonyl (C=O) groups is 1. The quantitative estimate of drug-likeness (QED) is 0.787. The third-order valence-electron chi connectivity index (χ3n) is 4.38. The van der Waals surface area contributed by atoms with Gasteiger partial charge in [0, 0.05) is 30.9 Å². The van der Waals surface area contributed by atoms with Crippen molar-refractivity contribution >= 4 is 11.7 Å². The highest BCUT2D eigenvalue weighted by molar-refractivity contribution is 5.94. The number of aromatic nitrogens is 1. The lowest BCUT2D eigenvalue weighted by atomic mass is 10.2. The van der Waals surface area contributed by atoms with E-state index in [1.807, 2.05) is 42.5 Å². The maximum Gasteiger partial charge on any atom is 0.251 e. The maximum absolute atomic E-state index is 12.4. The largest absolute Gasteiger partial charge is 0.494 e. The Morgan fingerprint density at radius 2 is 2.12 bits per heavy atom. The Morgan fingerprint density at radius 1 is 1.28 bits per heavy atom. The van der Waals surface area contributed by atoms with Crippen LogP contribution in [0.15, 0.2) is 48.7 Å². The average Bonchev–Trinajstić information content (AvgIpc) is 3.12. The third-order valence-corrected chi connectivity index (χ3v) is 4.38. The molecule has 1 unspecified atom stereocenters. The Labute approximate surface area is 149 Å². The number of benzene rings is 1. The molecular weight excluding hydrogens is 314 g/mol. The number of hydrogen-bond donors (Lipinski definition) is 1. The Kier molecular flexibility index (Phi) is 5.88. The van der Waals surface area contributed by atoms with Crippen molar-refractivity contribution in [2.24, 2.45) is 0 Å². The van der Waals surface area contributed by atoms with Gasteiger partial charge in [0.15, 0.2) is 0 Å². The van der Waals surface area contributed by atoms with Crippen LogP contribution in [0, 0.1) is 0 Å². The molecule has 1 amide bonds. The smallest absolute Gasteiger partial charge is 0.251 e. The van der Waals surface area contributed by atoms with Crippen LogP contribution in [0.3, 0.4) is 0 Å². The first-order chi connectivity index (χ1) is 12.3. The van der Waals surface area contributed by atoms with Crippen LogP contribution >= 0.6 is 0 Å². The fourth-order valence-electron chi connectivity index (χ4n) is 2.93. The predicted octanol–water partition coefficient (Wildman–Crippen LogP) is 3.27. The van der Waals surface area contributed by atoms with E-state index in [0.29, 0.717) is 12.2 Å². The molecule has 132 valence electrons. The van der Waals surface area contributed by atoms with Crippen LogP contribution in [-0.2, 0) is 0 Å². The summed E-state index contributed by atoms with van der Waals surface area (Å²) in [6.07, 6.45) is 4.87. The number of hydrogen-bond acceptors (Lipinski definition) is 4. The van der Waals surface area contributed by atoms with E-state index in [2.05, 4.69) is 22.1 Å². The van der Waals surface area contributed by atoms with Crippen molar-refractivity contribution < 1.29 is 9.53 Å². The number of nitrogens with one attached hydrogen (secondary N) is 1. The maximum atomic E-state index is 12.4. The van der Waals surface area contributed by atoms with Crippen molar-refractivity contribution in [2.75, 3.05) is 24.6 Å². The molecule has 25 heavy (non-hydrogen) atoms. The zero-order valence-electron chi connectivity index (χ0n) is 14.6. The van der Waals surface area contributed by atoms with Gasteiger partial charge in [-0.15, -0.1) is 0 Å². The van der Waals surface area contributed by atoms with E-state index in [0.717, 1.165) is 43.9 Å². The molecule has 1 aliphatic heterocycles. The number of rotatable bonds is 7. The standard InChI is InChI=1S/C20H25N3O2/c1-2-3-14-25-18-9-7-16(8-10-18)20(24)22-17-11-13-23(15-17)19-6-4-5-12-21-19/h4-10,12,17H,2-3,11,13-15H2,1H3,(H,22,24). The molecule has 0 spiro atoms. The second kappa shape index (κ2) is 8.51. The number of carbonyl (C=O) groups excluding carboxylic acids is 1. The first kappa shape index (κ1) is 17.3. The second-order valence-corrected chi connectivity index (χ2v) is 6.32. The summed E-state index contributed by atoms with van der Waals surface area (Å²) in [5.74, 6) is 1.74. The molecule has 5 nitrogen and oxygen atoms in total. The number of ether oxygens (including phenoxy) is 1. The highest BCUT2D eigenvalue weighted by Gasteiger charge is 2.24.